The van der Waals surface area contributed by atoms with E-state index in [0.717, 1.165) is 16.9 Å². The number of hydrogen-bond acceptors (Lipinski definition) is 3. The van der Waals surface area contributed by atoms with Gasteiger partial charge >= 0.3 is 0 Å². The van der Waals surface area contributed by atoms with Gasteiger partial charge in [-0.3, -0.25) is 4.99 Å². The topological polar surface area (TPSA) is 57.1 Å². The number of aliphatic imine (C=N–C) groups is 1. The van der Waals surface area contributed by atoms with Crippen LogP contribution in [0.2, 0.25) is 0 Å². The fourth-order valence-corrected chi connectivity index (χ4v) is 2.51. The maximum atomic E-state index is 13.0. The van der Waals surface area contributed by atoms with Crippen LogP contribution in [0.1, 0.15) is 24.2 Å². The minimum atomic E-state index is -0.700. The average Bonchev–Trinajstić information content (AvgIpc) is 2.66. The van der Waals surface area contributed by atoms with Gasteiger partial charge in [0.1, 0.15) is 11.6 Å². The van der Waals surface area contributed by atoms with Crippen molar-refractivity contribution in [2.24, 2.45) is 4.99 Å². The number of methoxy groups -OCH3 is 1. The molecule has 26 heavy (non-hydrogen) atoms. The van der Waals surface area contributed by atoms with E-state index >= 15 is 0 Å². The van der Waals surface area contributed by atoms with E-state index in [9.17, 15) is 9.50 Å². The van der Waals surface area contributed by atoms with E-state index < -0.39 is 6.10 Å². The molecule has 140 valence electrons. The molecule has 0 heterocycles. The molecule has 0 aliphatic heterocycles. The number of aliphatic hydroxyl groups is 1. The summed E-state index contributed by atoms with van der Waals surface area (Å²) in [6, 6.07) is 13.7. The number of halogens is 1. The molecule has 2 N–H and O–H groups in total. The molecule has 0 aromatic heterocycles. The number of nitrogens with zero attached hydrogens (tertiary/aromatic N) is 2. The smallest absolute Gasteiger partial charge is 0.194 e. The number of guanidine groups is 1. The van der Waals surface area contributed by atoms with Crippen molar-refractivity contribution in [3.05, 3.63) is 65.5 Å². The summed E-state index contributed by atoms with van der Waals surface area (Å²) in [5.41, 5.74) is 1.77. The Labute approximate surface area is 154 Å². The van der Waals surface area contributed by atoms with Crippen LogP contribution in [-0.4, -0.2) is 43.2 Å². The highest BCUT2D eigenvalue weighted by atomic mass is 19.1. The van der Waals surface area contributed by atoms with Gasteiger partial charge in [-0.1, -0.05) is 24.3 Å². The normalized spacial score (nSPS) is 12.6. The third-order valence-electron chi connectivity index (χ3n) is 3.94. The molecule has 1 unspecified atom stereocenters. The molecule has 0 amide bonds. The van der Waals surface area contributed by atoms with Crippen LogP contribution in [0, 0.1) is 5.82 Å². The van der Waals surface area contributed by atoms with Crippen LogP contribution in [0.3, 0.4) is 0 Å². The van der Waals surface area contributed by atoms with E-state index in [0.29, 0.717) is 19.0 Å². The largest absolute Gasteiger partial charge is 0.497 e. The Morgan fingerprint density at radius 3 is 2.42 bits per heavy atom. The first-order valence-corrected chi connectivity index (χ1v) is 8.59. The van der Waals surface area contributed by atoms with Crippen LogP contribution >= 0.6 is 0 Å². The van der Waals surface area contributed by atoms with Crippen molar-refractivity contribution in [2.45, 2.75) is 19.6 Å². The molecule has 0 spiro atoms. The average molecular weight is 359 g/mol. The van der Waals surface area contributed by atoms with E-state index in [-0.39, 0.29) is 12.4 Å². The summed E-state index contributed by atoms with van der Waals surface area (Å²) in [5, 5.41) is 13.6. The lowest BCUT2D eigenvalue weighted by atomic mass is 10.1. The van der Waals surface area contributed by atoms with Crippen LogP contribution in [0.4, 0.5) is 4.39 Å². The SMILES string of the molecule is CCNC(=NCC(O)c1ccc(OC)cc1)N(C)Cc1ccc(F)cc1. The van der Waals surface area contributed by atoms with Gasteiger partial charge in [0.15, 0.2) is 5.96 Å². The molecule has 5 nitrogen and oxygen atoms in total. The van der Waals surface area contributed by atoms with Crippen molar-refractivity contribution < 1.29 is 14.2 Å². The number of benzene rings is 2. The lowest BCUT2D eigenvalue weighted by Gasteiger charge is -2.22. The first-order chi connectivity index (χ1) is 12.5. The van der Waals surface area contributed by atoms with Crippen LogP contribution < -0.4 is 10.1 Å². The lowest BCUT2D eigenvalue weighted by Crippen LogP contribution is -2.38. The Kier molecular flexibility index (Phi) is 7.41. The maximum Gasteiger partial charge on any atom is 0.194 e. The first-order valence-electron chi connectivity index (χ1n) is 8.59. The first kappa shape index (κ1) is 19.7. The Balaban J connectivity index is 2.02. The van der Waals surface area contributed by atoms with Crippen LogP contribution in [0.25, 0.3) is 0 Å². The summed E-state index contributed by atoms with van der Waals surface area (Å²) >= 11 is 0. The van der Waals surface area contributed by atoms with Gasteiger partial charge in [0.05, 0.1) is 19.8 Å². The zero-order chi connectivity index (χ0) is 18.9. The third kappa shape index (κ3) is 5.74. The van der Waals surface area contributed by atoms with Gasteiger partial charge in [0.25, 0.3) is 0 Å². The summed E-state index contributed by atoms with van der Waals surface area (Å²) in [7, 11) is 3.51. The Hall–Kier alpha value is -2.60. The molecule has 0 aliphatic rings. The quantitative estimate of drug-likeness (QED) is 0.589. The fraction of sp³-hybridized carbons (Fsp3) is 0.350. The van der Waals surface area contributed by atoms with Gasteiger partial charge in [0.2, 0.25) is 0 Å². The second-order valence-corrected chi connectivity index (χ2v) is 5.97. The van der Waals surface area contributed by atoms with E-state index in [4.69, 9.17) is 4.74 Å². The van der Waals surface area contributed by atoms with Gasteiger partial charge in [-0.25, -0.2) is 4.39 Å². The summed E-state index contributed by atoms with van der Waals surface area (Å²) in [6.07, 6.45) is -0.700. The molecule has 2 aromatic carbocycles. The second kappa shape index (κ2) is 9.77. The Morgan fingerprint density at radius 1 is 1.19 bits per heavy atom. The molecule has 2 rings (SSSR count). The maximum absolute atomic E-state index is 13.0. The number of hydrogen-bond donors (Lipinski definition) is 2. The molecule has 0 saturated heterocycles. The highest BCUT2D eigenvalue weighted by molar-refractivity contribution is 5.79. The van der Waals surface area contributed by atoms with Crippen molar-refractivity contribution in [3.8, 4) is 5.75 Å². The Bertz CT molecular complexity index is 702. The third-order valence-corrected chi connectivity index (χ3v) is 3.94. The number of nitrogens with one attached hydrogen (secondary N) is 1. The lowest BCUT2D eigenvalue weighted by molar-refractivity contribution is 0.186. The van der Waals surface area contributed by atoms with Crippen molar-refractivity contribution in [3.63, 3.8) is 0 Å². The monoisotopic (exact) mass is 359 g/mol. The van der Waals surface area contributed by atoms with Gasteiger partial charge in [-0.05, 0) is 42.3 Å². The van der Waals surface area contributed by atoms with Crippen molar-refractivity contribution in [1.82, 2.24) is 10.2 Å². The minimum absolute atomic E-state index is 0.239. The molecule has 0 fully saturated rings. The molecule has 6 heteroatoms. The van der Waals surface area contributed by atoms with Gasteiger partial charge in [0, 0.05) is 20.1 Å². The summed E-state index contributed by atoms with van der Waals surface area (Å²) in [5.74, 6) is 1.18. The summed E-state index contributed by atoms with van der Waals surface area (Å²) in [6.45, 7) is 3.53. The highest BCUT2D eigenvalue weighted by Gasteiger charge is 2.10. The second-order valence-electron chi connectivity index (χ2n) is 5.97. The number of rotatable bonds is 7. The van der Waals surface area contributed by atoms with Gasteiger partial charge in [-0.15, -0.1) is 0 Å². The number of ether oxygens (including phenoxy) is 1. The highest BCUT2D eigenvalue weighted by Crippen LogP contribution is 2.18. The number of aliphatic hydroxyl groups excluding tert-OH is 1. The molecular formula is C20H26FN3O2. The molecule has 0 radical (unpaired) electrons. The summed E-state index contributed by atoms with van der Waals surface area (Å²) < 4.78 is 18.2. The van der Waals surface area contributed by atoms with Crippen molar-refractivity contribution >= 4 is 5.96 Å². The zero-order valence-electron chi connectivity index (χ0n) is 15.4. The van der Waals surface area contributed by atoms with Crippen molar-refractivity contribution in [2.75, 3.05) is 27.2 Å². The molecular weight excluding hydrogens is 333 g/mol. The van der Waals surface area contributed by atoms with Gasteiger partial charge < -0.3 is 20.1 Å². The van der Waals surface area contributed by atoms with Crippen LogP contribution in [0.15, 0.2) is 53.5 Å². The van der Waals surface area contributed by atoms with E-state index in [1.165, 1.54) is 12.1 Å². The zero-order valence-corrected chi connectivity index (χ0v) is 15.4. The molecule has 0 bridgehead atoms. The van der Waals surface area contributed by atoms with Crippen LogP contribution in [0.5, 0.6) is 5.75 Å². The summed E-state index contributed by atoms with van der Waals surface area (Å²) in [4.78, 5) is 6.46. The standard InChI is InChI=1S/C20H26FN3O2/c1-4-22-20(24(2)14-15-5-9-17(21)10-6-15)23-13-19(25)16-7-11-18(26-3)12-8-16/h5-12,19,25H,4,13-14H2,1-3H3,(H,22,23). The van der Waals surface area contributed by atoms with Crippen molar-refractivity contribution in [1.29, 1.82) is 0 Å². The van der Waals surface area contributed by atoms with E-state index in [1.807, 2.05) is 43.1 Å². The minimum Gasteiger partial charge on any atom is -0.497 e. The predicted octanol–water partition coefficient (Wildman–Crippen LogP) is 2.97. The molecule has 1 atom stereocenters. The van der Waals surface area contributed by atoms with Gasteiger partial charge in [-0.2, -0.15) is 0 Å². The predicted molar refractivity (Wildman–Crippen MR) is 102 cm³/mol. The fourth-order valence-electron chi connectivity index (χ4n) is 2.51. The van der Waals surface area contributed by atoms with Crippen LogP contribution in [-0.2, 0) is 6.54 Å². The van der Waals surface area contributed by atoms with E-state index in [2.05, 4.69) is 10.3 Å². The molecule has 0 saturated carbocycles. The molecule has 0 aliphatic carbocycles. The molecule has 2 aromatic rings. The van der Waals surface area contributed by atoms with E-state index in [1.54, 1.807) is 19.2 Å². The Morgan fingerprint density at radius 2 is 1.85 bits per heavy atom.